The van der Waals surface area contributed by atoms with Crippen molar-refractivity contribution in [3.05, 3.63) is 60.8 Å². The third kappa shape index (κ3) is 3.39. The van der Waals surface area contributed by atoms with Crippen LogP contribution in [-0.4, -0.2) is 27.0 Å². The molecule has 0 amide bonds. The number of ether oxygens (including phenoxy) is 1. The molecule has 3 aromatic heterocycles. The number of aromatic nitrogens is 4. The average Bonchev–Trinajstić information content (AvgIpc) is 3.21. The summed E-state index contributed by atoms with van der Waals surface area (Å²) in [6.45, 7) is 0.473. The smallest absolute Gasteiger partial charge is 0.227 e. The van der Waals surface area contributed by atoms with Gasteiger partial charge in [-0.05, 0) is 36.4 Å². The number of methoxy groups -OCH3 is 1. The molecule has 1 aromatic carbocycles. The van der Waals surface area contributed by atoms with Gasteiger partial charge >= 0.3 is 0 Å². The number of furan rings is 1. The molecular formula is C18H16N6O2. The zero-order valence-electron chi connectivity index (χ0n) is 14.0. The van der Waals surface area contributed by atoms with Crippen LogP contribution in [-0.2, 0) is 6.54 Å². The Hall–Kier alpha value is -3.68. The predicted molar refractivity (Wildman–Crippen MR) is 97.4 cm³/mol. The highest BCUT2D eigenvalue weighted by Gasteiger charge is 2.10. The molecular weight excluding hydrogens is 332 g/mol. The van der Waals surface area contributed by atoms with Gasteiger partial charge in [-0.25, -0.2) is 9.97 Å². The second-order valence-corrected chi connectivity index (χ2v) is 5.41. The van der Waals surface area contributed by atoms with E-state index in [-0.39, 0.29) is 0 Å². The molecule has 26 heavy (non-hydrogen) atoms. The largest absolute Gasteiger partial charge is 0.497 e. The van der Waals surface area contributed by atoms with Crippen LogP contribution in [0.3, 0.4) is 0 Å². The summed E-state index contributed by atoms with van der Waals surface area (Å²) in [6, 6.07) is 11.3. The predicted octanol–water partition coefficient (Wildman–Crippen LogP) is 3.38. The summed E-state index contributed by atoms with van der Waals surface area (Å²) in [7, 11) is 1.63. The van der Waals surface area contributed by atoms with E-state index in [9.17, 15) is 0 Å². The zero-order chi connectivity index (χ0) is 17.8. The molecule has 8 heteroatoms. The van der Waals surface area contributed by atoms with Crippen LogP contribution >= 0.6 is 0 Å². The zero-order valence-corrected chi connectivity index (χ0v) is 14.0. The van der Waals surface area contributed by atoms with E-state index in [0.29, 0.717) is 29.5 Å². The fraction of sp³-hybridized carbons (Fsp3) is 0.111. The van der Waals surface area contributed by atoms with Gasteiger partial charge < -0.3 is 19.8 Å². The SMILES string of the molecule is COc1ccc(Nc2nc(NCc3ccco3)nc3nccnc23)cc1. The minimum Gasteiger partial charge on any atom is -0.497 e. The second-order valence-electron chi connectivity index (χ2n) is 5.41. The summed E-state index contributed by atoms with van der Waals surface area (Å²) >= 11 is 0. The fourth-order valence-electron chi connectivity index (χ4n) is 2.42. The summed E-state index contributed by atoms with van der Waals surface area (Å²) in [5.41, 5.74) is 1.95. The highest BCUT2D eigenvalue weighted by Crippen LogP contribution is 2.24. The Morgan fingerprint density at radius 3 is 2.65 bits per heavy atom. The molecule has 130 valence electrons. The standard InChI is InChI=1S/C18H16N6O2/c1-25-13-6-4-12(5-7-13)22-17-15-16(20-9-8-19-15)23-18(24-17)21-11-14-3-2-10-26-14/h2-10H,11H2,1H3,(H2,20,21,22,23,24). The number of hydrogen-bond donors (Lipinski definition) is 2. The first-order chi connectivity index (χ1) is 12.8. The Morgan fingerprint density at radius 2 is 1.88 bits per heavy atom. The number of rotatable bonds is 6. The number of nitrogens with zero attached hydrogens (tertiary/aromatic N) is 4. The van der Waals surface area contributed by atoms with E-state index in [2.05, 4.69) is 30.6 Å². The van der Waals surface area contributed by atoms with E-state index >= 15 is 0 Å². The Labute approximate surface area is 149 Å². The molecule has 0 unspecified atom stereocenters. The molecule has 0 atom stereocenters. The maximum Gasteiger partial charge on any atom is 0.227 e. The minimum absolute atomic E-state index is 0.436. The molecule has 0 bridgehead atoms. The molecule has 0 saturated carbocycles. The highest BCUT2D eigenvalue weighted by atomic mass is 16.5. The molecule has 4 rings (SSSR count). The van der Waals surface area contributed by atoms with Crippen LogP contribution in [0.4, 0.5) is 17.5 Å². The van der Waals surface area contributed by atoms with Gasteiger partial charge in [-0.15, -0.1) is 0 Å². The number of hydrogen-bond acceptors (Lipinski definition) is 8. The van der Waals surface area contributed by atoms with Crippen molar-refractivity contribution in [3.63, 3.8) is 0 Å². The second kappa shape index (κ2) is 7.06. The molecule has 0 aliphatic carbocycles. The lowest BCUT2D eigenvalue weighted by Gasteiger charge is -2.10. The van der Waals surface area contributed by atoms with Crippen LogP contribution in [0.5, 0.6) is 5.75 Å². The van der Waals surface area contributed by atoms with Crippen molar-refractivity contribution in [3.8, 4) is 5.75 Å². The quantitative estimate of drug-likeness (QED) is 0.547. The Kier molecular flexibility index (Phi) is 4.29. The third-order valence-electron chi connectivity index (χ3n) is 3.69. The van der Waals surface area contributed by atoms with Gasteiger partial charge in [0.05, 0.1) is 19.9 Å². The summed E-state index contributed by atoms with van der Waals surface area (Å²) < 4.78 is 10.5. The van der Waals surface area contributed by atoms with E-state index in [1.165, 1.54) is 0 Å². The van der Waals surface area contributed by atoms with Gasteiger partial charge in [0.15, 0.2) is 17.0 Å². The molecule has 0 saturated heterocycles. The van der Waals surface area contributed by atoms with Crippen LogP contribution in [0.1, 0.15) is 5.76 Å². The van der Waals surface area contributed by atoms with Gasteiger partial charge in [-0.1, -0.05) is 0 Å². The van der Waals surface area contributed by atoms with Crippen molar-refractivity contribution in [2.75, 3.05) is 17.7 Å². The number of benzene rings is 1. The summed E-state index contributed by atoms with van der Waals surface area (Å²) in [5.74, 6) is 2.57. The van der Waals surface area contributed by atoms with Crippen molar-refractivity contribution in [1.82, 2.24) is 19.9 Å². The van der Waals surface area contributed by atoms with Crippen LogP contribution in [0.25, 0.3) is 11.2 Å². The molecule has 0 aliphatic heterocycles. The Balaban J connectivity index is 1.64. The third-order valence-corrected chi connectivity index (χ3v) is 3.69. The lowest BCUT2D eigenvalue weighted by atomic mass is 10.3. The van der Waals surface area contributed by atoms with E-state index in [4.69, 9.17) is 9.15 Å². The average molecular weight is 348 g/mol. The first-order valence-corrected chi connectivity index (χ1v) is 7.98. The van der Waals surface area contributed by atoms with Crippen molar-refractivity contribution in [2.45, 2.75) is 6.54 Å². The van der Waals surface area contributed by atoms with E-state index in [0.717, 1.165) is 17.2 Å². The minimum atomic E-state index is 0.436. The highest BCUT2D eigenvalue weighted by molar-refractivity contribution is 5.85. The topological polar surface area (TPSA) is 98.0 Å². The van der Waals surface area contributed by atoms with Crippen LogP contribution in [0, 0.1) is 0 Å². The maximum absolute atomic E-state index is 5.32. The first-order valence-electron chi connectivity index (χ1n) is 7.98. The van der Waals surface area contributed by atoms with Gasteiger partial charge in [-0.2, -0.15) is 9.97 Å². The monoisotopic (exact) mass is 348 g/mol. The molecule has 0 radical (unpaired) electrons. The van der Waals surface area contributed by atoms with Crippen molar-refractivity contribution in [1.29, 1.82) is 0 Å². The van der Waals surface area contributed by atoms with Crippen molar-refractivity contribution < 1.29 is 9.15 Å². The van der Waals surface area contributed by atoms with Gasteiger partial charge in [0.2, 0.25) is 5.95 Å². The lowest BCUT2D eigenvalue weighted by molar-refractivity contribution is 0.415. The van der Waals surface area contributed by atoms with Gasteiger partial charge in [0.1, 0.15) is 11.5 Å². The maximum atomic E-state index is 5.32. The van der Waals surface area contributed by atoms with Crippen molar-refractivity contribution in [2.24, 2.45) is 0 Å². The fourth-order valence-corrected chi connectivity index (χ4v) is 2.42. The number of fused-ring (bicyclic) bond motifs is 1. The summed E-state index contributed by atoms with van der Waals surface area (Å²) in [5, 5.41) is 6.40. The normalized spacial score (nSPS) is 10.7. The Morgan fingerprint density at radius 1 is 1.04 bits per heavy atom. The number of anilines is 3. The van der Waals surface area contributed by atoms with E-state index in [1.54, 1.807) is 25.8 Å². The molecule has 0 spiro atoms. The molecule has 4 aromatic rings. The van der Waals surface area contributed by atoms with Crippen LogP contribution < -0.4 is 15.4 Å². The molecule has 2 N–H and O–H groups in total. The van der Waals surface area contributed by atoms with Gasteiger partial charge in [0.25, 0.3) is 0 Å². The van der Waals surface area contributed by atoms with Gasteiger partial charge in [0, 0.05) is 18.1 Å². The first kappa shape index (κ1) is 15.8. The summed E-state index contributed by atoms with van der Waals surface area (Å²) in [6.07, 6.45) is 4.84. The summed E-state index contributed by atoms with van der Waals surface area (Å²) in [4.78, 5) is 17.6. The van der Waals surface area contributed by atoms with Crippen LogP contribution in [0.2, 0.25) is 0 Å². The number of nitrogens with one attached hydrogen (secondary N) is 2. The molecule has 0 fully saturated rings. The Bertz CT molecular complexity index is 1000. The van der Waals surface area contributed by atoms with E-state index in [1.807, 2.05) is 36.4 Å². The van der Waals surface area contributed by atoms with Crippen molar-refractivity contribution >= 4 is 28.6 Å². The molecule has 8 nitrogen and oxygen atoms in total. The van der Waals surface area contributed by atoms with Gasteiger partial charge in [-0.3, -0.25) is 0 Å². The van der Waals surface area contributed by atoms with Crippen LogP contribution in [0.15, 0.2) is 59.5 Å². The van der Waals surface area contributed by atoms with E-state index < -0.39 is 0 Å². The molecule has 0 aliphatic rings. The lowest BCUT2D eigenvalue weighted by Crippen LogP contribution is -2.07. The molecule has 3 heterocycles.